The molecule has 0 fully saturated rings. The first kappa shape index (κ1) is 14.1. The number of rotatable bonds is 2. The van der Waals surface area contributed by atoms with Gasteiger partial charge >= 0.3 is 5.63 Å². The highest BCUT2D eigenvalue weighted by atomic mass is 16.6. The van der Waals surface area contributed by atoms with Crippen LogP contribution in [0.5, 0.6) is 0 Å². The summed E-state index contributed by atoms with van der Waals surface area (Å²) < 4.78 is 5.34. The average molecular weight is 321 g/mol. The first-order chi connectivity index (χ1) is 11.5. The second-order valence-corrected chi connectivity index (χ2v) is 5.53. The van der Waals surface area contributed by atoms with E-state index in [4.69, 9.17) is 4.42 Å². The van der Waals surface area contributed by atoms with Gasteiger partial charge in [0.1, 0.15) is 17.0 Å². The molecule has 0 aliphatic heterocycles. The van der Waals surface area contributed by atoms with E-state index in [0.29, 0.717) is 22.4 Å². The van der Waals surface area contributed by atoms with E-state index in [0.717, 1.165) is 10.9 Å². The number of benzene rings is 2. The van der Waals surface area contributed by atoms with Crippen LogP contribution in [-0.4, -0.2) is 14.9 Å². The number of aromatic nitrogens is 2. The lowest BCUT2D eigenvalue weighted by Gasteiger charge is -2.00. The second kappa shape index (κ2) is 5.02. The van der Waals surface area contributed by atoms with Gasteiger partial charge in [0.15, 0.2) is 0 Å². The van der Waals surface area contributed by atoms with Crippen molar-refractivity contribution in [3.8, 4) is 11.4 Å². The summed E-state index contributed by atoms with van der Waals surface area (Å²) in [6.07, 6.45) is 0. The molecule has 0 saturated carbocycles. The maximum atomic E-state index is 12.2. The van der Waals surface area contributed by atoms with Crippen LogP contribution in [0.3, 0.4) is 0 Å². The third-order valence-electron chi connectivity index (χ3n) is 3.82. The topological polar surface area (TPSA) is 102 Å². The normalized spacial score (nSPS) is 11.2. The van der Waals surface area contributed by atoms with Crippen molar-refractivity contribution in [2.24, 2.45) is 0 Å². The van der Waals surface area contributed by atoms with Gasteiger partial charge < -0.3 is 9.40 Å². The molecule has 0 unspecified atom stereocenters. The lowest BCUT2D eigenvalue weighted by Crippen LogP contribution is -2.03. The molecule has 24 heavy (non-hydrogen) atoms. The van der Waals surface area contributed by atoms with Gasteiger partial charge in [0.2, 0.25) is 0 Å². The van der Waals surface area contributed by atoms with Crippen LogP contribution in [0.25, 0.3) is 33.4 Å². The molecular formula is C17H11N3O4. The highest BCUT2D eigenvalue weighted by molar-refractivity contribution is 5.84. The molecule has 0 spiro atoms. The monoisotopic (exact) mass is 321 g/mol. The van der Waals surface area contributed by atoms with Crippen molar-refractivity contribution >= 4 is 27.7 Å². The number of hydrogen-bond donors (Lipinski definition) is 1. The minimum absolute atomic E-state index is 0.0427. The fraction of sp³-hybridized carbons (Fsp3) is 0.0588. The number of non-ortho nitro benzene ring substituents is 1. The minimum Gasteiger partial charge on any atom is -0.422 e. The van der Waals surface area contributed by atoms with Crippen molar-refractivity contribution in [3.05, 3.63) is 68.6 Å². The zero-order chi connectivity index (χ0) is 16.8. The van der Waals surface area contributed by atoms with Gasteiger partial charge in [-0.2, -0.15) is 0 Å². The van der Waals surface area contributed by atoms with Crippen LogP contribution in [0.2, 0.25) is 0 Å². The predicted molar refractivity (Wildman–Crippen MR) is 89.0 cm³/mol. The van der Waals surface area contributed by atoms with Crippen molar-refractivity contribution in [2.45, 2.75) is 6.92 Å². The summed E-state index contributed by atoms with van der Waals surface area (Å²) in [7, 11) is 0. The van der Waals surface area contributed by atoms with Gasteiger partial charge in [-0.05, 0) is 31.2 Å². The molecule has 0 radical (unpaired) electrons. The number of aromatic amines is 1. The Morgan fingerprint density at radius 2 is 2.00 bits per heavy atom. The number of nitrogens with one attached hydrogen (secondary N) is 1. The molecule has 7 heteroatoms. The molecule has 118 valence electrons. The van der Waals surface area contributed by atoms with E-state index in [1.54, 1.807) is 18.2 Å². The van der Waals surface area contributed by atoms with Crippen molar-refractivity contribution in [1.82, 2.24) is 9.97 Å². The van der Waals surface area contributed by atoms with Crippen molar-refractivity contribution in [3.63, 3.8) is 0 Å². The molecule has 2 aromatic carbocycles. The number of nitrogens with zero attached hydrogens (tertiary/aromatic N) is 2. The third kappa shape index (κ3) is 2.23. The van der Waals surface area contributed by atoms with E-state index in [-0.39, 0.29) is 11.3 Å². The Bertz CT molecular complexity index is 1170. The lowest BCUT2D eigenvalue weighted by molar-refractivity contribution is -0.384. The summed E-state index contributed by atoms with van der Waals surface area (Å²) in [6.45, 7) is 1.95. The number of aryl methyl sites for hydroxylation is 1. The van der Waals surface area contributed by atoms with Crippen LogP contribution in [-0.2, 0) is 0 Å². The van der Waals surface area contributed by atoms with E-state index >= 15 is 0 Å². The van der Waals surface area contributed by atoms with Crippen LogP contribution >= 0.6 is 0 Å². The Labute approximate surface area is 134 Å². The molecule has 7 nitrogen and oxygen atoms in total. The van der Waals surface area contributed by atoms with Gasteiger partial charge in [-0.3, -0.25) is 10.1 Å². The Balaban J connectivity index is 1.93. The standard InChI is InChI=1S/C17H11N3O4/c1-9-2-5-15-10(6-9)7-12(17(21)24-15)16-18-13-4-3-11(20(22)23)8-14(13)19-16/h2-8H,1H3,(H,18,19). The summed E-state index contributed by atoms with van der Waals surface area (Å²) in [6, 6.07) is 11.5. The molecule has 0 aliphatic carbocycles. The van der Waals surface area contributed by atoms with Crippen LogP contribution in [0.15, 0.2) is 51.7 Å². The summed E-state index contributed by atoms with van der Waals surface area (Å²) in [5.41, 5.74) is 2.30. The van der Waals surface area contributed by atoms with Crippen LogP contribution < -0.4 is 5.63 Å². The Hall–Kier alpha value is -3.48. The van der Waals surface area contributed by atoms with Gasteiger partial charge in [-0.1, -0.05) is 11.6 Å². The summed E-state index contributed by atoms with van der Waals surface area (Å²) >= 11 is 0. The zero-order valence-electron chi connectivity index (χ0n) is 12.6. The van der Waals surface area contributed by atoms with E-state index in [1.807, 2.05) is 19.1 Å². The Morgan fingerprint density at radius 3 is 2.79 bits per heavy atom. The smallest absolute Gasteiger partial charge is 0.347 e. The maximum absolute atomic E-state index is 12.2. The highest BCUT2D eigenvalue weighted by Crippen LogP contribution is 2.24. The molecule has 2 heterocycles. The molecule has 1 N–H and O–H groups in total. The van der Waals surface area contributed by atoms with Crippen molar-refractivity contribution < 1.29 is 9.34 Å². The quantitative estimate of drug-likeness (QED) is 0.345. The van der Waals surface area contributed by atoms with Gasteiger partial charge in [-0.25, -0.2) is 9.78 Å². The number of nitro benzene ring substituents is 1. The summed E-state index contributed by atoms with van der Waals surface area (Å²) in [4.78, 5) is 29.9. The Kier molecular flexibility index (Phi) is 2.96. The average Bonchev–Trinajstić information content (AvgIpc) is 2.97. The van der Waals surface area contributed by atoms with E-state index in [1.165, 1.54) is 12.1 Å². The molecule has 0 saturated heterocycles. The number of nitro groups is 1. The Morgan fingerprint density at radius 1 is 1.17 bits per heavy atom. The van der Waals surface area contributed by atoms with Gasteiger partial charge in [0.05, 0.1) is 16.0 Å². The molecule has 2 aromatic heterocycles. The molecule has 0 atom stereocenters. The number of H-pyrrole nitrogens is 1. The number of hydrogen-bond acceptors (Lipinski definition) is 5. The molecule has 0 amide bonds. The highest BCUT2D eigenvalue weighted by Gasteiger charge is 2.14. The molecule has 4 rings (SSSR count). The van der Waals surface area contributed by atoms with Gasteiger partial charge in [-0.15, -0.1) is 0 Å². The van der Waals surface area contributed by atoms with Crippen molar-refractivity contribution in [2.75, 3.05) is 0 Å². The molecular weight excluding hydrogens is 310 g/mol. The minimum atomic E-state index is -0.514. The van der Waals surface area contributed by atoms with E-state index < -0.39 is 10.5 Å². The fourth-order valence-electron chi connectivity index (χ4n) is 2.65. The fourth-order valence-corrected chi connectivity index (χ4v) is 2.65. The third-order valence-corrected chi connectivity index (χ3v) is 3.82. The molecule has 4 aromatic rings. The van der Waals surface area contributed by atoms with Gasteiger partial charge in [0.25, 0.3) is 5.69 Å². The van der Waals surface area contributed by atoms with Crippen LogP contribution in [0.4, 0.5) is 5.69 Å². The second-order valence-electron chi connectivity index (χ2n) is 5.53. The molecule has 0 bridgehead atoms. The zero-order valence-corrected chi connectivity index (χ0v) is 12.6. The van der Waals surface area contributed by atoms with E-state index in [2.05, 4.69) is 9.97 Å². The van der Waals surface area contributed by atoms with Gasteiger partial charge in [0, 0.05) is 17.5 Å². The predicted octanol–water partition coefficient (Wildman–Crippen LogP) is 3.55. The number of fused-ring (bicyclic) bond motifs is 2. The summed E-state index contributed by atoms with van der Waals surface area (Å²) in [5, 5.41) is 11.6. The lowest BCUT2D eigenvalue weighted by atomic mass is 10.1. The van der Waals surface area contributed by atoms with E-state index in [9.17, 15) is 14.9 Å². The maximum Gasteiger partial charge on any atom is 0.347 e. The molecule has 0 aliphatic rings. The van der Waals surface area contributed by atoms with Crippen LogP contribution in [0, 0.1) is 17.0 Å². The number of imidazole rings is 1. The SMILES string of the molecule is Cc1ccc2oc(=O)c(-c3nc4ccc([N+](=O)[O-])cc4[nH]3)cc2c1. The first-order valence-electron chi connectivity index (χ1n) is 7.20. The van der Waals surface area contributed by atoms with Crippen molar-refractivity contribution in [1.29, 1.82) is 0 Å². The first-order valence-corrected chi connectivity index (χ1v) is 7.20. The van der Waals surface area contributed by atoms with Crippen LogP contribution in [0.1, 0.15) is 5.56 Å². The summed E-state index contributed by atoms with van der Waals surface area (Å²) in [5.74, 6) is 0.322. The largest absolute Gasteiger partial charge is 0.422 e.